The maximum absolute atomic E-state index is 12.3. The van der Waals surface area contributed by atoms with Crippen LogP contribution >= 0.6 is 0 Å². The van der Waals surface area contributed by atoms with Gasteiger partial charge in [0.15, 0.2) is 0 Å². The Morgan fingerprint density at radius 2 is 1.88 bits per heavy atom. The number of nitrogens with one attached hydrogen (secondary N) is 1. The number of amides is 1. The predicted octanol–water partition coefficient (Wildman–Crippen LogP) is 3.23. The SMILES string of the molecule is CCc1ccc(C(C)NC(=O)CCn2ncc(=O)c3ccccc32)cc1. The Hall–Kier alpha value is -2.95. The number of nitrogens with zero attached hydrogens (tertiary/aromatic N) is 2. The Morgan fingerprint density at radius 3 is 2.62 bits per heavy atom. The molecule has 0 aliphatic rings. The number of rotatable bonds is 6. The van der Waals surface area contributed by atoms with Crippen LogP contribution in [0.5, 0.6) is 0 Å². The highest BCUT2D eigenvalue weighted by Gasteiger charge is 2.11. The molecule has 5 heteroatoms. The van der Waals surface area contributed by atoms with Crippen LogP contribution in [0, 0.1) is 0 Å². The standard InChI is InChI=1S/C21H23N3O2/c1-3-16-8-10-17(11-9-16)15(2)23-21(26)12-13-24-19-7-5-4-6-18(19)20(25)14-22-24/h4-11,14-15H,3,12-13H2,1-2H3,(H,23,26). The van der Waals surface area contributed by atoms with E-state index in [2.05, 4.69) is 41.6 Å². The molecule has 5 nitrogen and oxygen atoms in total. The van der Waals surface area contributed by atoms with Crippen LogP contribution in [0.4, 0.5) is 0 Å². The van der Waals surface area contributed by atoms with Crippen molar-refractivity contribution in [2.45, 2.75) is 39.3 Å². The molecule has 3 aromatic rings. The molecule has 26 heavy (non-hydrogen) atoms. The summed E-state index contributed by atoms with van der Waals surface area (Å²) in [5, 5.41) is 7.80. The molecule has 0 fully saturated rings. The molecule has 3 rings (SSSR count). The smallest absolute Gasteiger partial charge is 0.222 e. The van der Waals surface area contributed by atoms with Gasteiger partial charge in [-0.25, -0.2) is 0 Å². The fourth-order valence-corrected chi connectivity index (χ4v) is 2.99. The van der Waals surface area contributed by atoms with Gasteiger partial charge in [-0.2, -0.15) is 5.10 Å². The number of aromatic nitrogens is 2. The zero-order chi connectivity index (χ0) is 18.5. The Balaban J connectivity index is 1.64. The van der Waals surface area contributed by atoms with Crippen LogP contribution in [-0.2, 0) is 17.8 Å². The van der Waals surface area contributed by atoms with Crippen LogP contribution in [0.1, 0.15) is 37.4 Å². The van der Waals surface area contributed by atoms with Gasteiger partial charge in [0.05, 0.1) is 24.3 Å². The molecule has 0 saturated heterocycles. The van der Waals surface area contributed by atoms with Crippen molar-refractivity contribution in [1.29, 1.82) is 0 Å². The second-order valence-corrected chi connectivity index (χ2v) is 6.38. The highest BCUT2D eigenvalue weighted by atomic mass is 16.1. The molecule has 1 aromatic heterocycles. The molecule has 0 aliphatic carbocycles. The van der Waals surface area contributed by atoms with Crippen LogP contribution in [0.3, 0.4) is 0 Å². The van der Waals surface area contributed by atoms with E-state index < -0.39 is 0 Å². The zero-order valence-electron chi connectivity index (χ0n) is 15.1. The summed E-state index contributed by atoms with van der Waals surface area (Å²) in [6.45, 7) is 4.52. The van der Waals surface area contributed by atoms with Crippen molar-refractivity contribution in [2.75, 3.05) is 0 Å². The van der Waals surface area contributed by atoms with Crippen molar-refractivity contribution in [3.05, 3.63) is 76.1 Å². The van der Waals surface area contributed by atoms with E-state index in [0.717, 1.165) is 17.5 Å². The zero-order valence-corrected chi connectivity index (χ0v) is 15.1. The van der Waals surface area contributed by atoms with Crippen molar-refractivity contribution < 1.29 is 4.79 Å². The third kappa shape index (κ3) is 3.99. The number of carbonyl (C=O) groups excluding carboxylic acids is 1. The molecule has 0 spiro atoms. The fraction of sp³-hybridized carbons (Fsp3) is 0.286. The van der Waals surface area contributed by atoms with Crippen LogP contribution in [0.2, 0.25) is 0 Å². The molecule has 2 aromatic carbocycles. The molecule has 0 radical (unpaired) electrons. The number of fused-ring (bicyclic) bond motifs is 1. The van der Waals surface area contributed by atoms with E-state index >= 15 is 0 Å². The van der Waals surface area contributed by atoms with Crippen LogP contribution in [0.25, 0.3) is 10.9 Å². The monoisotopic (exact) mass is 349 g/mol. The van der Waals surface area contributed by atoms with E-state index in [9.17, 15) is 9.59 Å². The second kappa shape index (κ2) is 7.95. The first-order chi connectivity index (χ1) is 12.6. The van der Waals surface area contributed by atoms with Gasteiger partial charge in [-0.05, 0) is 36.6 Å². The van der Waals surface area contributed by atoms with E-state index in [0.29, 0.717) is 18.4 Å². The van der Waals surface area contributed by atoms with Crippen molar-refractivity contribution >= 4 is 16.8 Å². The molecule has 0 aliphatic heterocycles. The lowest BCUT2D eigenvalue weighted by Crippen LogP contribution is -2.28. The van der Waals surface area contributed by atoms with Gasteiger partial charge in [0.2, 0.25) is 11.3 Å². The summed E-state index contributed by atoms with van der Waals surface area (Å²) < 4.78 is 1.71. The largest absolute Gasteiger partial charge is 0.350 e. The topological polar surface area (TPSA) is 64.0 Å². The highest BCUT2D eigenvalue weighted by Crippen LogP contribution is 2.14. The third-order valence-corrected chi connectivity index (χ3v) is 4.58. The number of carbonyl (C=O) groups is 1. The first-order valence-corrected chi connectivity index (χ1v) is 8.91. The molecule has 1 atom stereocenters. The Morgan fingerprint density at radius 1 is 1.15 bits per heavy atom. The van der Waals surface area contributed by atoms with Crippen molar-refractivity contribution in [3.63, 3.8) is 0 Å². The molecule has 0 saturated carbocycles. The Bertz CT molecular complexity index is 961. The summed E-state index contributed by atoms with van der Waals surface area (Å²) in [6, 6.07) is 15.6. The average molecular weight is 349 g/mol. The van der Waals surface area contributed by atoms with Gasteiger partial charge in [0.25, 0.3) is 0 Å². The van der Waals surface area contributed by atoms with Crippen LogP contribution in [-0.4, -0.2) is 15.7 Å². The van der Waals surface area contributed by atoms with E-state index in [1.165, 1.54) is 11.8 Å². The van der Waals surface area contributed by atoms with E-state index in [4.69, 9.17) is 0 Å². The number of hydrogen-bond donors (Lipinski definition) is 1. The van der Waals surface area contributed by atoms with Gasteiger partial charge in [0, 0.05) is 11.8 Å². The van der Waals surface area contributed by atoms with Gasteiger partial charge in [0.1, 0.15) is 0 Å². The minimum absolute atomic E-state index is 0.0401. The first kappa shape index (κ1) is 17.9. The summed E-state index contributed by atoms with van der Waals surface area (Å²) in [7, 11) is 0. The van der Waals surface area contributed by atoms with E-state index in [1.807, 2.05) is 25.1 Å². The fourth-order valence-electron chi connectivity index (χ4n) is 2.99. The van der Waals surface area contributed by atoms with Gasteiger partial charge < -0.3 is 5.32 Å². The van der Waals surface area contributed by atoms with Crippen LogP contribution in [0.15, 0.2) is 59.5 Å². The molecule has 1 amide bonds. The lowest BCUT2D eigenvalue weighted by atomic mass is 10.0. The van der Waals surface area contributed by atoms with Crippen molar-refractivity contribution in [1.82, 2.24) is 15.1 Å². The number of hydrogen-bond acceptors (Lipinski definition) is 3. The lowest BCUT2D eigenvalue weighted by molar-refractivity contribution is -0.122. The Kier molecular flexibility index (Phi) is 5.46. The summed E-state index contributed by atoms with van der Waals surface area (Å²) in [6.07, 6.45) is 2.61. The summed E-state index contributed by atoms with van der Waals surface area (Å²) in [5.74, 6) is -0.0401. The summed E-state index contributed by atoms with van der Waals surface area (Å²) in [4.78, 5) is 24.2. The lowest BCUT2D eigenvalue weighted by Gasteiger charge is -2.15. The average Bonchev–Trinajstić information content (AvgIpc) is 2.67. The molecule has 0 bridgehead atoms. The molecular formula is C21H23N3O2. The maximum atomic E-state index is 12.3. The Labute approximate surface area is 152 Å². The molecule has 1 unspecified atom stereocenters. The van der Waals surface area contributed by atoms with Crippen molar-refractivity contribution in [2.24, 2.45) is 0 Å². The highest BCUT2D eigenvalue weighted by molar-refractivity contribution is 5.79. The van der Waals surface area contributed by atoms with Gasteiger partial charge >= 0.3 is 0 Å². The van der Waals surface area contributed by atoms with Gasteiger partial charge in [-0.1, -0.05) is 43.3 Å². The number of para-hydroxylation sites is 1. The summed E-state index contributed by atoms with van der Waals surface area (Å²) in [5.41, 5.74) is 3.01. The van der Waals surface area contributed by atoms with Gasteiger partial charge in [-0.3, -0.25) is 14.3 Å². The van der Waals surface area contributed by atoms with Crippen LogP contribution < -0.4 is 10.7 Å². The van der Waals surface area contributed by atoms with E-state index in [1.54, 1.807) is 10.7 Å². The number of benzene rings is 2. The number of aryl methyl sites for hydroxylation is 2. The van der Waals surface area contributed by atoms with Gasteiger partial charge in [-0.15, -0.1) is 0 Å². The molecular weight excluding hydrogens is 326 g/mol. The predicted molar refractivity (Wildman–Crippen MR) is 103 cm³/mol. The third-order valence-electron chi connectivity index (χ3n) is 4.58. The molecule has 134 valence electrons. The van der Waals surface area contributed by atoms with Crippen molar-refractivity contribution in [3.8, 4) is 0 Å². The second-order valence-electron chi connectivity index (χ2n) is 6.38. The minimum atomic E-state index is -0.106. The minimum Gasteiger partial charge on any atom is -0.350 e. The molecule has 1 N–H and O–H groups in total. The maximum Gasteiger partial charge on any atom is 0.222 e. The normalized spacial score (nSPS) is 12.1. The first-order valence-electron chi connectivity index (χ1n) is 8.91. The van der Waals surface area contributed by atoms with E-state index in [-0.39, 0.29) is 17.4 Å². The summed E-state index contributed by atoms with van der Waals surface area (Å²) >= 11 is 0. The molecule has 1 heterocycles. The quantitative estimate of drug-likeness (QED) is 0.743.